The van der Waals surface area contributed by atoms with Crippen LogP contribution in [0, 0.1) is 6.92 Å². The van der Waals surface area contributed by atoms with E-state index in [2.05, 4.69) is 4.98 Å². The molecule has 0 saturated carbocycles. The maximum absolute atomic E-state index is 10.9. The topological polar surface area (TPSA) is 63.3 Å². The van der Waals surface area contributed by atoms with Crippen molar-refractivity contribution in [3.63, 3.8) is 0 Å². The molecule has 0 fully saturated rings. The molecule has 2 rings (SSSR count). The number of carboxylic acid groups (broad SMARTS) is 1. The highest BCUT2D eigenvalue weighted by Gasteiger charge is 2.13. The average Bonchev–Trinajstić information content (AvgIpc) is 2.70. The molecular formula is C13H13NO3. The molecule has 4 nitrogen and oxygen atoms in total. The molecule has 0 saturated heterocycles. The largest absolute Gasteiger partial charge is 0.478 e. The van der Waals surface area contributed by atoms with Crippen LogP contribution in [0.15, 0.2) is 28.7 Å². The smallest absolute Gasteiger partial charge is 0.335 e. The lowest BCUT2D eigenvalue weighted by molar-refractivity contribution is 0.0697. The van der Waals surface area contributed by atoms with Gasteiger partial charge in [0.25, 0.3) is 0 Å². The van der Waals surface area contributed by atoms with Gasteiger partial charge in [0, 0.05) is 18.9 Å². The van der Waals surface area contributed by atoms with Gasteiger partial charge in [0.05, 0.1) is 5.56 Å². The van der Waals surface area contributed by atoms with Crippen LogP contribution in [0.2, 0.25) is 0 Å². The number of benzene rings is 1. The zero-order valence-corrected chi connectivity index (χ0v) is 9.73. The normalized spacial score (nSPS) is 10.5. The Hall–Kier alpha value is -2.10. The van der Waals surface area contributed by atoms with Crippen molar-refractivity contribution < 1.29 is 14.3 Å². The number of hydrogen-bond acceptors (Lipinski definition) is 3. The Morgan fingerprint density at radius 1 is 1.47 bits per heavy atom. The van der Waals surface area contributed by atoms with Crippen LogP contribution in [-0.2, 0) is 6.42 Å². The van der Waals surface area contributed by atoms with E-state index in [0.717, 1.165) is 23.4 Å². The van der Waals surface area contributed by atoms with Gasteiger partial charge in [-0.15, -0.1) is 0 Å². The molecule has 0 aliphatic heterocycles. The van der Waals surface area contributed by atoms with Crippen molar-refractivity contribution >= 4 is 5.97 Å². The van der Waals surface area contributed by atoms with Gasteiger partial charge in [-0.2, -0.15) is 0 Å². The minimum Gasteiger partial charge on any atom is -0.478 e. The SMILES string of the molecule is CCc1oc(C)nc1-c1cccc(C(=O)O)c1. The molecule has 0 bridgehead atoms. The lowest BCUT2D eigenvalue weighted by atomic mass is 10.1. The van der Waals surface area contributed by atoms with Gasteiger partial charge in [-0.1, -0.05) is 19.1 Å². The second-order valence-corrected chi connectivity index (χ2v) is 3.74. The molecule has 1 N–H and O–H groups in total. The number of rotatable bonds is 3. The molecule has 17 heavy (non-hydrogen) atoms. The molecule has 0 atom stereocenters. The zero-order chi connectivity index (χ0) is 12.4. The molecule has 0 radical (unpaired) electrons. The third kappa shape index (κ3) is 2.20. The van der Waals surface area contributed by atoms with E-state index in [1.807, 2.05) is 13.0 Å². The summed E-state index contributed by atoms with van der Waals surface area (Å²) >= 11 is 0. The third-order valence-corrected chi connectivity index (χ3v) is 2.51. The Kier molecular flexibility index (Phi) is 2.95. The first kappa shape index (κ1) is 11.4. The van der Waals surface area contributed by atoms with E-state index in [9.17, 15) is 4.79 Å². The number of carbonyl (C=O) groups is 1. The Balaban J connectivity index is 2.52. The highest BCUT2D eigenvalue weighted by atomic mass is 16.4. The monoisotopic (exact) mass is 231 g/mol. The van der Waals surface area contributed by atoms with Gasteiger partial charge >= 0.3 is 5.97 Å². The summed E-state index contributed by atoms with van der Waals surface area (Å²) in [6, 6.07) is 6.72. The van der Waals surface area contributed by atoms with E-state index in [4.69, 9.17) is 9.52 Å². The molecule has 1 heterocycles. The average molecular weight is 231 g/mol. The van der Waals surface area contributed by atoms with Gasteiger partial charge in [-0.25, -0.2) is 9.78 Å². The van der Waals surface area contributed by atoms with Crippen LogP contribution in [0.1, 0.15) is 28.9 Å². The van der Waals surface area contributed by atoms with Crippen molar-refractivity contribution in [1.82, 2.24) is 4.98 Å². The van der Waals surface area contributed by atoms with Crippen molar-refractivity contribution in [2.24, 2.45) is 0 Å². The van der Waals surface area contributed by atoms with Crippen LogP contribution in [-0.4, -0.2) is 16.1 Å². The molecule has 0 aliphatic rings. The van der Waals surface area contributed by atoms with Gasteiger partial charge < -0.3 is 9.52 Å². The molecule has 0 aliphatic carbocycles. The van der Waals surface area contributed by atoms with Gasteiger partial charge in [0.1, 0.15) is 11.5 Å². The second kappa shape index (κ2) is 4.41. The summed E-state index contributed by atoms with van der Waals surface area (Å²) in [5.41, 5.74) is 1.76. The quantitative estimate of drug-likeness (QED) is 0.882. The fourth-order valence-corrected chi connectivity index (χ4v) is 1.73. The molecular weight excluding hydrogens is 218 g/mol. The van der Waals surface area contributed by atoms with E-state index < -0.39 is 5.97 Å². The van der Waals surface area contributed by atoms with Crippen molar-refractivity contribution in [3.8, 4) is 11.3 Å². The van der Waals surface area contributed by atoms with E-state index >= 15 is 0 Å². The van der Waals surface area contributed by atoms with Crippen LogP contribution in [0.5, 0.6) is 0 Å². The van der Waals surface area contributed by atoms with E-state index in [1.54, 1.807) is 25.1 Å². The maximum Gasteiger partial charge on any atom is 0.335 e. The predicted molar refractivity (Wildman–Crippen MR) is 63.0 cm³/mol. The van der Waals surface area contributed by atoms with Crippen molar-refractivity contribution in [1.29, 1.82) is 0 Å². The summed E-state index contributed by atoms with van der Waals surface area (Å²) in [5, 5.41) is 8.94. The lowest BCUT2D eigenvalue weighted by Gasteiger charge is -2.00. The summed E-state index contributed by atoms with van der Waals surface area (Å²) in [4.78, 5) is 15.2. The fourth-order valence-electron chi connectivity index (χ4n) is 1.73. The standard InChI is InChI=1S/C13H13NO3/c1-3-11-12(14-8(2)17-11)9-5-4-6-10(7-9)13(15)16/h4-7H,3H2,1-2H3,(H,15,16). The number of aromatic carboxylic acids is 1. The Morgan fingerprint density at radius 2 is 2.24 bits per heavy atom. The van der Waals surface area contributed by atoms with Gasteiger partial charge in [0.2, 0.25) is 0 Å². The summed E-state index contributed by atoms with van der Waals surface area (Å²) in [6.07, 6.45) is 0.730. The maximum atomic E-state index is 10.9. The lowest BCUT2D eigenvalue weighted by Crippen LogP contribution is -1.96. The van der Waals surface area contributed by atoms with Crippen LogP contribution < -0.4 is 0 Å². The van der Waals surface area contributed by atoms with E-state index in [1.165, 1.54) is 0 Å². The predicted octanol–water partition coefficient (Wildman–Crippen LogP) is 2.91. The first-order valence-corrected chi connectivity index (χ1v) is 5.42. The summed E-state index contributed by atoms with van der Waals surface area (Å²) in [5.74, 6) is 0.438. The zero-order valence-electron chi connectivity index (χ0n) is 9.73. The minimum atomic E-state index is -0.940. The van der Waals surface area contributed by atoms with Crippen molar-refractivity contribution in [3.05, 3.63) is 41.5 Å². The highest BCUT2D eigenvalue weighted by molar-refractivity contribution is 5.89. The molecule has 0 unspecified atom stereocenters. The van der Waals surface area contributed by atoms with Crippen LogP contribution >= 0.6 is 0 Å². The number of carboxylic acids is 1. The number of aromatic nitrogens is 1. The molecule has 88 valence electrons. The Labute approximate surface area is 98.9 Å². The second-order valence-electron chi connectivity index (χ2n) is 3.74. The Morgan fingerprint density at radius 3 is 2.88 bits per heavy atom. The molecule has 2 aromatic rings. The number of hydrogen-bond donors (Lipinski definition) is 1. The fraction of sp³-hybridized carbons (Fsp3) is 0.231. The first-order valence-electron chi connectivity index (χ1n) is 5.42. The van der Waals surface area contributed by atoms with Crippen LogP contribution in [0.3, 0.4) is 0 Å². The summed E-state index contributed by atoms with van der Waals surface area (Å²) in [7, 11) is 0. The van der Waals surface area contributed by atoms with Crippen molar-refractivity contribution in [2.45, 2.75) is 20.3 Å². The number of oxazole rings is 1. The molecule has 0 amide bonds. The van der Waals surface area contributed by atoms with E-state index in [-0.39, 0.29) is 5.56 Å². The van der Waals surface area contributed by atoms with Gasteiger partial charge in [0.15, 0.2) is 5.89 Å². The van der Waals surface area contributed by atoms with Crippen LogP contribution in [0.4, 0.5) is 0 Å². The molecule has 0 spiro atoms. The van der Waals surface area contributed by atoms with E-state index in [0.29, 0.717) is 5.89 Å². The Bertz CT molecular complexity index is 558. The molecule has 1 aromatic carbocycles. The first-order chi connectivity index (χ1) is 8.11. The summed E-state index contributed by atoms with van der Waals surface area (Å²) < 4.78 is 5.46. The van der Waals surface area contributed by atoms with Gasteiger partial charge in [-0.05, 0) is 12.1 Å². The number of aryl methyl sites for hydroxylation is 2. The van der Waals surface area contributed by atoms with Gasteiger partial charge in [-0.3, -0.25) is 0 Å². The molecule has 4 heteroatoms. The van der Waals surface area contributed by atoms with Crippen molar-refractivity contribution in [2.75, 3.05) is 0 Å². The number of nitrogens with zero attached hydrogens (tertiary/aromatic N) is 1. The molecule has 1 aromatic heterocycles. The van der Waals surface area contributed by atoms with Crippen LogP contribution in [0.25, 0.3) is 11.3 Å². The summed E-state index contributed by atoms with van der Waals surface area (Å²) in [6.45, 7) is 3.76. The third-order valence-electron chi connectivity index (χ3n) is 2.51. The highest BCUT2D eigenvalue weighted by Crippen LogP contribution is 2.25. The minimum absolute atomic E-state index is 0.255.